The highest BCUT2D eigenvalue weighted by Crippen LogP contribution is 2.63. The summed E-state index contributed by atoms with van der Waals surface area (Å²) in [7, 11) is 0. The van der Waals surface area contributed by atoms with E-state index < -0.39 is 0 Å². The molecule has 216 valence electrons. The van der Waals surface area contributed by atoms with Gasteiger partial charge in [-0.25, -0.2) is 0 Å². The fraction of sp³-hybridized carbons (Fsp3) is 0.136. The zero-order valence-corrected chi connectivity index (χ0v) is 25.5. The molecule has 0 heterocycles. The van der Waals surface area contributed by atoms with E-state index in [4.69, 9.17) is 0 Å². The van der Waals surface area contributed by atoms with Gasteiger partial charge in [0.25, 0.3) is 0 Å². The maximum absolute atomic E-state index is 2.67. The molecular formula is C44H35N. The number of benzene rings is 5. The van der Waals surface area contributed by atoms with Crippen molar-refractivity contribution in [2.24, 2.45) is 0 Å². The third kappa shape index (κ3) is 3.87. The summed E-state index contributed by atoms with van der Waals surface area (Å²) in [5, 5.41) is 0. The highest BCUT2D eigenvalue weighted by Gasteiger charge is 2.51. The number of hydrogen-bond acceptors (Lipinski definition) is 1. The van der Waals surface area contributed by atoms with Gasteiger partial charge in [0.1, 0.15) is 0 Å². The zero-order chi connectivity index (χ0) is 30.0. The number of anilines is 1. The lowest BCUT2D eigenvalue weighted by Crippen LogP contribution is -2.42. The van der Waals surface area contributed by atoms with Crippen molar-refractivity contribution in [1.29, 1.82) is 0 Å². The van der Waals surface area contributed by atoms with Gasteiger partial charge in [-0.15, -0.1) is 0 Å². The summed E-state index contributed by atoms with van der Waals surface area (Å²) >= 11 is 0. The Hall–Kier alpha value is -5.14. The molecule has 2 atom stereocenters. The Kier molecular flexibility index (Phi) is 5.96. The van der Waals surface area contributed by atoms with E-state index in [1.54, 1.807) is 0 Å². The summed E-state index contributed by atoms with van der Waals surface area (Å²) in [5.74, 6) is 0. The standard InChI is InChI=1S/C44H35N/c1-30-19-21-31(22-20-30)32-23-25-34(26-24-32)45(33-11-3-2-4-12-33)35-27-28-39-38-15-7-10-18-42(38)44(43(39)29-35)40-16-8-5-13-36(40)37-14-6-9-17-41(37)44/h2-11,13-25,27-29,33-34H,12,26H2,1H3. The number of fused-ring (bicyclic) bond motifs is 10. The van der Waals surface area contributed by atoms with Crippen LogP contribution in [-0.4, -0.2) is 12.1 Å². The van der Waals surface area contributed by atoms with Crippen LogP contribution in [0.25, 0.3) is 27.8 Å². The molecule has 0 fully saturated rings. The average molecular weight is 578 g/mol. The molecule has 0 saturated heterocycles. The van der Waals surface area contributed by atoms with Crippen LogP contribution in [0.4, 0.5) is 5.69 Å². The fourth-order valence-electron chi connectivity index (χ4n) is 8.42. The zero-order valence-electron chi connectivity index (χ0n) is 25.5. The van der Waals surface area contributed by atoms with Crippen LogP contribution in [0.15, 0.2) is 158 Å². The molecule has 45 heavy (non-hydrogen) atoms. The van der Waals surface area contributed by atoms with Crippen molar-refractivity contribution in [3.05, 3.63) is 191 Å². The van der Waals surface area contributed by atoms with Gasteiger partial charge in [-0.2, -0.15) is 0 Å². The first-order valence-corrected chi connectivity index (χ1v) is 16.2. The molecule has 5 aromatic rings. The molecule has 0 N–H and O–H groups in total. The first-order valence-electron chi connectivity index (χ1n) is 16.2. The van der Waals surface area contributed by atoms with E-state index >= 15 is 0 Å². The van der Waals surface area contributed by atoms with Crippen LogP contribution in [0.5, 0.6) is 0 Å². The SMILES string of the molecule is Cc1ccc(C2=CCC(N(c3ccc4c(c3)C3(c5ccccc5-c5ccccc53)c3ccccc3-4)C3C=CC=CC3)C=C2)cc1. The molecule has 2 unspecified atom stereocenters. The normalized spacial score (nSPS) is 19.5. The number of nitrogens with zero attached hydrogens (tertiary/aromatic N) is 1. The van der Waals surface area contributed by atoms with Gasteiger partial charge < -0.3 is 4.90 Å². The van der Waals surface area contributed by atoms with Crippen LogP contribution >= 0.6 is 0 Å². The predicted molar refractivity (Wildman–Crippen MR) is 189 cm³/mol. The quantitative estimate of drug-likeness (QED) is 0.201. The third-order valence-corrected chi connectivity index (χ3v) is 10.4. The molecular weight excluding hydrogens is 542 g/mol. The predicted octanol–water partition coefficient (Wildman–Crippen LogP) is 10.4. The molecule has 0 amide bonds. The second kappa shape index (κ2) is 10.2. The van der Waals surface area contributed by atoms with Crippen molar-refractivity contribution in [1.82, 2.24) is 0 Å². The Labute approximate surface area is 266 Å². The fourth-order valence-corrected chi connectivity index (χ4v) is 8.42. The molecule has 5 aromatic carbocycles. The first kappa shape index (κ1) is 26.3. The van der Waals surface area contributed by atoms with E-state index in [-0.39, 0.29) is 11.5 Å². The number of allylic oxidation sites excluding steroid dienone is 4. The van der Waals surface area contributed by atoms with Crippen LogP contribution in [0.3, 0.4) is 0 Å². The molecule has 0 aromatic heterocycles. The number of rotatable bonds is 4. The molecule has 0 saturated carbocycles. The molecule has 4 aliphatic rings. The molecule has 0 bridgehead atoms. The van der Waals surface area contributed by atoms with Gasteiger partial charge >= 0.3 is 0 Å². The summed E-state index contributed by atoms with van der Waals surface area (Å²) in [4.78, 5) is 2.67. The summed E-state index contributed by atoms with van der Waals surface area (Å²) in [6.45, 7) is 2.15. The highest BCUT2D eigenvalue weighted by molar-refractivity contribution is 5.95. The topological polar surface area (TPSA) is 3.24 Å². The van der Waals surface area contributed by atoms with Crippen molar-refractivity contribution >= 4 is 11.3 Å². The van der Waals surface area contributed by atoms with Crippen molar-refractivity contribution in [2.45, 2.75) is 37.3 Å². The minimum atomic E-state index is -0.329. The van der Waals surface area contributed by atoms with Crippen LogP contribution in [-0.2, 0) is 5.41 Å². The summed E-state index contributed by atoms with van der Waals surface area (Å²) in [6, 6.07) is 44.0. The first-order chi connectivity index (χ1) is 22.2. The minimum Gasteiger partial charge on any atom is -0.358 e. The Bertz CT molecular complexity index is 2020. The monoisotopic (exact) mass is 577 g/mol. The lowest BCUT2D eigenvalue weighted by atomic mass is 9.70. The van der Waals surface area contributed by atoms with Crippen LogP contribution in [0, 0.1) is 6.92 Å². The number of aryl methyl sites for hydroxylation is 1. The molecule has 0 radical (unpaired) electrons. The van der Waals surface area contributed by atoms with E-state index in [9.17, 15) is 0 Å². The maximum Gasteiger partial charge on any atom is 0.0726 e. The summed E-state index contributed by atoms with van der Waals surface area (Å²) in [6.07, 6.45) is 18.3. The summed E-state index contributed by atoms with van der Waals surface area (Å²) in [5.41, 5.74) is 15.8. The van der Waals surface area contributed by atoms with E-state index in [0.717, 1.165) is 12.8 Å². The Morgan fingerprint density at radius 3 is 1.76 bits per heavy atom. The van der Waals surface area contributed by atoms with E-state index in [1.165, 1.54) is 66.9 Å². The second-order valence-electron chi connectivity index (χ2n) is 12.8. The molecule has 0 aliphatic heterocycles. The Balaban J connectivity index is 1.21. The van der Waals surface area contributed by atoms with Crippen molar-refractivity contribution < 1.29 is 0 Å². The van der Waals surface area contributed by atoms with Crippen LogP contribution in [0.2, 0.25) is 0 Å². The lowest BCUT2D eigenvalue weighted by Gasteiger charge is -2.39. The largest absolute Gasteiger partial charge is 0.358 e. The van der Waals surface area contributed by atoms with E-state index in [1.807, 2.05) is 0 Å². The van der Waals surface area contributed by atoms with Gasteiger partial charge in [0.15, 0.2) is 0 Å². The van der Waals surface area contributed by atoms with Crippen LogP contribution in [0.1, 0.15) is 46.2 Å². The van der Waals surface area contributed by atoms with Crippen molar-refractivity contribution in [3.63, 3.8) is 0 Å². The van der Waals surface area contributed by atoms with E-state index in [2.05, 4.69) is 170 Å². The average Bonchev–Trinajstić information content (AvgIpc) is 3.57. The highest BCUT2D eigenvalue weighted by atomic mass is 15.2. The van der Waals surface area contributed by atoms with Gasteiger partial charge in [0.2, 0.25) is 0 Å². The van der Waals surface area contributed by atoms with Crippen LogP contribution < -0.4 is 4.90 Å². The summed E-state index contributed by atoms with van der Waals surface area (Å²) < 4.78 is 0. The molecule has 1 heteroatoms. The molecule has 1 spiro atoms. The smallest absolute Gasteiger partial charge is 0.0726 e. The maximum atomic E-state index is 2.67. The van der Waals surface area contributed by atoms with Crippen molar-refractivity contribution in [3.8, 4) is 22.3 Å². The van der Waals surface area contributed by atoms with Gasteiger partial charge in [-0.3, -0.25) is 0 Å². The molecule has 1 nitrogen and oxygen atoms in total. The lowest BCUT2D eigenvalue weighted by molar-refractivity contribution is 0.616. The Morgan fingerprint density at radius 2 is 1.18 bits per heavy atom. The van der Waals surface area contributed by atoms with Gasteiger partial charge in [-0.05, 0) is 87.5 Å². The number of hydrogen-bond donors (Lipinski definition) is 0. The molecule has 9 rings (SSSR count). The Morgan fingerprint density at radius 1 is 0.578 bits per heavy atom. The van der Waals surface area contributed by atoms with Gasteiger partial charge in [0.05, 0.1) is 17.5 Å². The van der Waals surface area contributed by atoms with Gasteiger partial charge in [-0.1, -0.05) is 151 Å². The second-order valence-corrected chi connectivity index (χ2v) is 12.8. The van der Waals surface area contributed by atoms with E-state index in [0.29, 0.717) is 6.04 Å². The van der Waals surface area contributed by atoms with Crippen molar-refractivity contribution in [2.75, 3.05) is 4.90 Å². The third-order valence-electron chi connectivity index (χ3n) is 10.4. The molecule has 4 aliphatic carbocycles. The minimum absolute atomic E-state index is 0.265. The van der Waals surface area contributed by atoms with Gasteiger partial charge in [0, 0.05) is 5.69 Å².